The van der Waals surface area contributed by atoms with E-state index in [1.807, 2.05) is 6.92 Å². The molecule has 4 nitrogen and oxygen atoms in total. The Kier molecular flexibility index (Phi) is 4.45. The molecule has 0 N–H and O–H groups in total. The van der Waals surface area contributed by atoms with Crippen molar-refractivity contribution in [1.29, 1.82) is 0 Å². The topological polar surface area (TPSA) is 60.4 Å². The predicted molar refractivity (Wildman–Crippen MR) is 94.8 cm³/mol. The molecule has 4 atom stereocenters. The van der Waals surface area contributed by atoms with Crippen LogP contribution in [0.15, 0.2) is 11.1 Å². The maximum atomic E-state index is 13.1. The minimum Gasteiger partial charge on any atom is -0.469 e. The zero-order valence-corrected chi connectivity index (χ0v) is 16.1. The number of carbonyl (C=O) groups is 3. The first-order valence-electron chi connectivity index (χ1n) is 9.53. The van der Waals surface area contributed by atoms with Gasteiger partial charge in [-0.2, -0.15) is 0 Å². The number of methoxy groups -OCH3 is 1. The number of Topliss-reactive ketones (excluding diaryl/α,β-unsaturated/α-hetero) is 2. The number of esters is 1. The fourth-order valence-corrected chi connectivity index (χ4v) is 5.74. The number of ketones is 2. The summed E-state index contributed by atoms with van der Waals surface area (Å²) in [6, 6.07) is 0. The van der Waals surface area contributed by atoms with Gasteiger partial charge in [0.15, 0.2) is 11.6 Å². The van der Waals surface area contributed by atoms with Crippen molar-refractivity contribution in [2.24, 2.45) is 28.6 Å². The van der Waals surface area contributed by atoms with Crippen molar-refractivity contribution in [3.05, 3.63) is 11.1 Å². The van der Waals surface area contributed by atoms with Crippen molar-refractivity contribution >= 4 is 17.5 Å². The number of carbonyl (C=O) groups excluding carboxylic acids is 3. The van der Waals surface area contributed by atoms with Crippen LogP contribution in [-0.2, 0) is 19.1 Å². The van der Waals surface area contributed by atoms with Gasteiger partial charge in [0, 0.05) is 29.4 Å². The third-order valence-corrected chi connectivity index (χ3v) is 7.32. The minimum absolute atomic E-state index is 0.0770. The van der Waals surface area contributed by atoms with Crippen LogP contribution >= 0.6 is 0 Å². The SMILES string of the molecule is COC(=O)[C@]1(C)CCC[C@]2(C)C3=C(C[C@H](C(C)C)CC3=O)C(=O)C[C@@H]12. The molecule has 138 valence electrons. The highest BCUT2D eigenvalue weighted by molar-refractivity contribution is 6.10. The molecule has 0 radical (unpaired) electrons. The molecule has 4 heteroatoms. The summed E-state index contributed by atoms with van der Waals surface area (Å²) in [5.74, 6) is 0.465. The summed E-state index contributed by atoms with van der Waals surface area (Å²) in [6.07, 6.45) is 4.08. The van der Waals surface area contributed by atoms with Gasteiger partial charge in [-0.15, -0.1) is 0 Å². The lowest BCUT2D eigenvalue weighted by Gasteiger charge is -2.54. The van der Waals surface area contributed by atoms with E-state index < -0.39 is 5.41 Å². The highest BCUT2D eigenvalue weighted by atomic mass is 16.5. The number of fused-ring (bicyclic) bond motifs is 2. The molecule has 0 aromatic heterocycles. The standard InChI is InChI=1S/C21H30O4/c1-12(2)13-9-14-15(22)11-17-20(3,18(14)16(23)10-13)7-6-8-21(17,4)19(24)25-5/h12-13,17H,6-11H2,1-5H3/t13-,17+,20-,21+/m0/s1. The third-order valence-electron chi connectivity index (χ3n) is 7.32. The van der Waals surface area contributed by atoms with Crippen LogP contribution in [0.25, 0.3) is 0 Å². The van der Waals surface area contributed by atoms with Crippen LogP contribution in [0.5, 0.6) is 0 Å². The first-order chi connectivity index (χ1) is 11.6. The van der Waals surface area contributed by atoms with Crippen LogP contribution in [0.2, 0.25) is 0 Å². The Labute approximate surface area is 150 Å². The minimum atomic E-state index is -0.689. The fourth-order valence-electron chi connectivity index (χ4n) is 5.74. The molecule has 0 saturated heterocycles. The maximum absolute atomic E-state index is 13.1. The van der Waals surface area contributed by atoms with Crippen LogP contribution in [-0.4, -0.2) is 24.6 Å². The number of rotatable bonds is 2. The first kappa shape index (κ1) is 18.3. The smallest absolute Gasteiger partial charge is 0.311 e. The van der Waals surface area contributed by atoms with E-state index in [9.17, 15) is 14.4 Å². The Balaban J connectivity index is 2.10. The molecule has 0 aliphatic heterocycles. The molecule has 3 aliphatic rings. The second-order valence-electron chi connectivity index (χ2n) is 9.05. The molecule has 3 rings (SSSR count). The molecule has 1 fully saturated rings. The van der Waals surface area contributed by atoms with Gasteiger partial charge in [0.25, 0.3) is 0 Å². The molecule has 0 aromatic rings. The summed E-state index contributed by atoms with van der Waals surface area (Å²) in [6.45, 7) is 8.27. The summed E-state index contributed by atoms with van der Waals surface area (Å²) < 4.78 is 5.08. The van der Waals surface area contributed by atoms with Gasteiger partial charge < -0.3 is 4.74 Å². The Morgan fingerprint density at radius 1 is 1.08 bits per heavy atom. The number of ether oxygens (including phenoxy) is 1. The zero-order chi connectivity index (χ0) is 18.6. The average Bonchev–Trinajstić information content (AvgIpc) is 2.55. The average molecular weight is 346 g/mol. The van der Waals surface area contributed by atoms with E-state index in [1.54, 1.807) is 0 Å². The summed E-state index contributed by atoms with van der Waals surface area (Å²) in [7, 11) is 1.41. The first-order valence-corrected chi connectivity index (χ1v) is 9.53. The Morgan fingerprint density at radius 3 is 2.36 bits per heavy atom. The Hall–Kier alpha value is -1.45. The van der Waals surface area contributed by atoms with Crippen molar-refractivity contribution in [2.45, 2.75) is 66.2 Å². The van der Waals surface area contributed by atoms with Gasteiger partial charge in [0.1, 0.15) is 0 Å². The van der Waals surface area contributed by atoms with Crippen molar-refractivity contribution in [2.75, 3.05) is 7.11 Å². The van der Waals surface area contributed by atoms with E-state index in [0.29, 0.717) is 18.8 Å². The molecule has 3 aliphatic carbocycles. The van der Waals surface area contributed by atoms with Crippen LogP contribution in [0.3, 0.4) is 0 Å². The van der Waals surface area contributed by atoms with Crippen LogP contribution in [0.4, 0.5) is 0 Å². The van der Waals surface area contributed by atoms with E-state index in [4.69, 9.17) is 4.74 Å². The summed E-state index contributed by atoms with van der Waals surface area (Å²) in [5.41, 5.74) is 0.442. The lowest BCUT2D eigenvalue weighted by Crippen LogP contribution is -2.54. The normalized spacial score (nSPS) is 38.5. The van der Waals surface area contributed by atoms with E-state index in [1.165, 1.54) is 7.11 Å². The molecule has 0 heterocycles. The molecular formula is C21H30O4. The molecule has 25 heavy (non-hydrogen) atoms. The molecule has 1 saturated carbocycles. The number of allylic oxidation sites excluding steroid dienone is 2. The second-order valence-corrected chi connectivity index (χ2v) is 9.05. The van der Waals surface area contributed by atoms with Crippen molar-refractivity contribution in [3.8, 4) is 0 Å². The van der Waals surface area contributed by atoms with E-state index in [0.717, 1.165) is 36.8 Å². The molecular weight excluding hydrogens is 316 g/mol. The van der Waals surface area contributed by atoms with Gasteiger partial charge in [0.05, 0.1) is 12.5 Å². The largest absolute Gasteiger partial charge is 0.469 e. The quantitative estimate of drug-likeness (QED) is 0.712. The number of hydrogen-bond acceptors (Lipinski definition) is 4. The van der Waals surface area contributed by atoms with Crippen molar-refractivity contribution < 1.29 is 19.1 Å². The highest BCUT2D eigenvalue weighted by Gasteiger charge is 2.59. The molecule has 0 unspecified atom stereocenters. The predicted octanol–water partition coefficient (Wildman–Crippen LogP) is 3.88. The number of hydrogen-bond donors (Lipinski definition) is 0. The summed E-state index contributed by atoms with van der Waals surface area (Å²) in [4.78, 5) is 38.6. The summed E-state index contributed by atoms with van der Waals surface area (Å²) >= 11 is 0. The lowest BCUT2D eigenvalue weighted by atomic mass is 9.47. The van der Waals surface area contributed by atoms with Crippen LogP contribution < -0.4 is 0 Å². The van der Waals surface area contributed by atoms with Gasteiger partial charge in [-0.1, -0.05) is 27.2 Å². The molecule has 0 aromatic carbocycles. The van der Waals surface area contributed by atoms with Gasteiger partial charge in [-0.05, 0) is 43.9 Å². The Bertz CT molecular complexity index is 659. The monoisotopic (exact) mass is 346 g/mol. The van der Waals surface area contributed by atoms with Gasteiger partial charge in [-0.25, -0.2) is 0 Å². The van der Waals surface area contributed by atoms with Crippen molar-refractivity contribution in [3.63, 3.8) is 0 Å². The summed E-state index contributed by atoms with van der Waals surface area (Å²) in [5, 5.41) is 0. The van der Waals surface area contributed by atoms with E-state index in [-0.39, 0.29) is 34.8 Å². The molecule has 0 bridgehead atoms. The highest BCUT2D eigenvalue weighted by Crippen LogP contribution is 2.61. The third kappa shape index (κ3) is 2.60. The molecule has 0 spiro atoms. The van der Waals surface area contributed by atoms with Crippen LogP contribution in [0, 0.1) is 28.6 Å². The molecule has 0 amide bonds. The van der Waals surface area contributed by atoms with E-state index in [2.05, 4.69) is 20.8 Å². The van der Waals surface area contributed by atoms with Crippen molar-refractivity contribution in [1.82, 2.24) is 0 Å². The van der Waals surface area contributed by atoms with Gasteiger partial charge in [0.2, 0.25) is 0 Å². The Morgan fingerprint density at radius 2 is 1.76 bits per heavy atom. The van der Waals surface area contributed by atoms with E-state index >= 15 is 0 Å². The second kappa shape index (κ2) is 6.07. The lowest BCUT2D eigenvalue weighted by molar-refractivity contribution is -0.164. The van der Waals surface area contributed by atoms with Gasteiger partial charge >= 0.3 is 5.97 Å². The maximum Gasteiger partial charge on any atom is 0.311 e. The zero-order valence-electron chi connectivity index (χ0n) is 16.1. The van der Waals surface area contributed by atoms with Gasteiger partial charge in [-0.3, -0.25) is 14.4 Å². The fraction of sp³-hybridized carbons (Fsp3) is 0.762. The van der Waals surface area contributed by atoms with Crippen LogP contribution in [0.1, 0.15) is 66.2 Å².